The average Bonchev–Trinajstić information content (AvgIpc) is 3.01. The molecule has 0 radical (unpaired) electrons. The molecule has 25 heavy (non-hydrogen) atoms. The van der Waals surface area contributed by atoms with E-state index in [2.05, 4.69) is 5.32 Å². The van der Waals surface area contributed by atoms with Crippen LogP contribution in [0.2, 0.25) is 5.02 Å². The first-order chi connectivity index (χ1) is 11.8. The second-order valence-corrected chi connectivity index (χ2v) is 6.58. The zero-order chi connectivity index (χ0) is 18.2. The first-order valence-corrected chi connectivity index (χ1v) is 8.29. The zero-order valence-electron chi connectivity index (χ0n) is 13.4. The molecule has 3 N–H and O–H groups in total. The third-order valence-corrected chi connectivity index (χ3v) is 4.95. The fraction of sp³-hybridized carbons (Fsp3) is 0.438. The molecule has 3 amide bonds. The van der Waals surface area contributed by atoms with Gasteiger partial charge < -0.3 is 20.4 Å². The van der Waals surface area contributed by atoms with Crippen LogP contribution in [0.15, 0.2) is 18.2 Å². The Hall–Kier alpha value is -2.32. The minimum absolute atomic E-state index is 0.0418. The quantitative estimate of drug-likeness (QED) is 0.735. The number of halogens is 1. The van der Waals surface area contributed by atoms with Crippen LogP contribution in [0.3, 0.4) is 0 Å². The second kappa shape index (κ2) is 6.53. The van der Waals surface area contributed by atoms with E-state index in [1.54, 1.807) is 18.2 Å². The number of amides is 3. The number of hydrogen-bond donors (Lipinski definition) is 3. The Morgan fingerprint density at radius 3 is 2.44 bits per heavy atom. The minimum Gasteiger partial charge on any atom is -0.479 e. The van der Waals surface area contributed by atoms with Crippen molar-refractivity contribution in [2.45, 2.75) is 18.4 Å². The van der Waals surface area contributed by atoms with E-state index in [1.165, 1.54) is 9.80 Å². The molecule has 2 saturated heterocycles. The number of piperidine rings is 1. The minimum atomic E-state index is -1.80. The van der Waals surface area contributed by atoms with Crippen LogP contribution in [0.5, 0.6) is 0 Å². The summed E-state index contributed by atoms with van der Waals surface area (Å²) in [5, 5.41) is 22.0. The lowest BCUT2D eigenvalue weighted by atomic mass is 9.91. The van der Waals surface area contributed by atoms with E-state index in [0.29, 0.717) is 18.8 Å². The van der Waals surface area contributed by atoms with Crippen molar-refractivity contribution < 1.29 is 24.6 Å². The van der Waals surface area contributed by atoms with Gasteiger partial charge in [-0.1, -0.05) is 11.6 Å². The summed E-state index contributed by atoms with van der Waals surface area (Å²) in [7, 11) is 0. The van der Waals surface area contributed by atoms with Crippen molar-refractivity contribution in [2.24, 2.45) is 0 Å². The highest BCUT2D eigenvalue weighted by molar-refractivity contribution is 6.34. The average molecular weight is 368 g/mol. The number of aliphatic hydroxyl groups is 1. The van der Waals surface area contributed by atoms with E-state index in [4.69, 9.17) is 16.7 Å². The van der Waals surface area contributed by atoms with Crippen molar-refractivity contribution in [1.82, 2.24) is 10.2 Å². The molecule has 2 aliphatic rings. The highest BCUT2D eigenvalue weighted by Crippen LogP contribution is 2.28. The molecule has 2 fully saturated rings. The summed E-state index contributed by atoms with van der Waals surface area (Å²) in [5.74, 6) is -1.63. The van der Waals surface area contributed by atoms with Gasteiger partial charge in [-0.2, -0.15) is 0 Å². The van der Waals surface area contributed by atoms with E-state index in [-0.39, 0.29) is 48.5 Å². The maximum Gasteiger partial charge on any atom is 0.335 e. The fourth-order valence-electron chi connectivity index (χ4n) is 3.03. The molecule has 0 saturated carbocycles. The van der Waals surface area contributed by atoms with Crippen molar-refractivity contribution in [3.63, 3.8) is 0 Å². The third kappa shape index (κ3) is 3.27. The Labute approximate surface area is 149 Å². The van der Waals surface area contributed by atoms with E-state index in [0.717, 1.165) is 0 Å². The molecular formula is C16H18ClN3O5. The van der Waals surface area contributed by atoms with Crippen LogP contribution >= 0.6 is 11.6 Å². The van der Waals surface area contributed by atoms with Crippen LogP contribution in [0, 0.1) is 0 Å². The number of aliphatic carboxylic acids is 1. The number of anilines is 1. The molecule has 2 heterocycles. The van der Waals surface area contributed by atoms with Crippen molar-refractivity contribution in [2.75, 3.05) is 31.1 Å². The van der Waals surface area contributed by atoms with Gasteiger partial charge in [0.1, 0.15) is 0 Å². The monoisotopic (exact) mass is 367 g/mol. The predicted octanol–water partition coefficient (Wildman–Crippen LogP) is 0.921. The Bertz CT molecular complexity index is 730. The third-order valence-electron chi connectivity index (χ3n) is 4.62. The van der Waals surface area contributed by atoms with Crippen LogP contribution < -0.4 is 10.2 Å². The van der Waals surface area contributed by atoms with Crippen LogP contribution in [-0.2, 0) is 4.79 Å². The number of carbonyl (C=O) groups is 3. The molecule has 134 valence electrons. The van der Waals surface area contributed by atoms with Gasteiger partial charge in [0.05, 0.1) is 10.6 Å². The Kier molecular flexibility index (Phi) is 4.57. The molecule has 1 aromatic rings. The van der Waals surface area contributed by atoms with E-state index in [1.807, 2.05) is 0 Å². The maximum absolute atomic E-state index is 12.7. The summed E-state index contributed by atoms with van der Waals surface area (Å²) in [5.41, 5.74) is -0.975. The molecule has 0 aliphatic carbocycles. The zero-order valence-corrected chi connectivity index (χ0v) is 14.1. The summed E-state index contributed by atoms with van der Waals surface area (Å²) in [6, 6.07) is 4.56. The summed E-state index contributed by atoms with van der Waals surface area (Å²) in [4.78, 5) is 38.6. The highest BCUT2D eigenvalue weighted by atomic mass is 35.5. The lowest BCUT2D eigenvalue weighted by molar-refractivity contribution is -0.162. The number of nitrogens with one attached hydrogen (secondary N) is 1. The van der Waals surface area contributed by atoms with Gasteiger partial charge in [0.25, 0.3) is 5.91 Å². The number of urea groups is 1. The summed E-state index contributed by atoms with van der Waals surface area (Å²) < 4.78 is 0. The van der Waals surface area contributed by atoms with Crippen LogP contribution in [0.25, 0.3) is 0 Å². The van der Waals surface area contributed by atoms with Gasteiger partial charge in [-0.15, -0.1) is 0 Å². The topological polar surface area (TPSA) is 110 Å². The van der Waals surface area contributed by atoms with E-state index in [9.17, 15) is 19.5 Å². The smallest absolute Gasteiger partial charge is 0.335 e. The van der Waals surface area contributed by atoms with Crippen molar-refractivity contribution in [1.29, 1.82) is 0 Å². The van der Waals surface area contributed by atoms with Gasteiger partial charge in [-0.05, 0) is 18.2 Å². The number of likely N-dealkylation sites (tertiary alicyclic amines) is 1. The summed E-state index contributed by atoms with van der Waals surface area (Å²) in [6.07, 6.45) is -0.0835. The number of rotatable bonds is 3. The van der Waals surface area contributed by atoms with Gasteiger partial charge in [-0.25, -0.2) is 9.59 Å². The number of carbonyl (C=O) groups excluding carboxylic acids is 2. The normalized spacial score (nSPS) is 19.7. The number of carboxylic acids is 1. The first kappa shape index (κ1) is 17.5. The highest BCUT2D eigenvalue weighted by Gasteiger charge is 2.40. The van der Waals surface area contributed by atoms with Gasteiger partial charge in [0.15, 0.2) is 5.60 Å². The number of nitrogens with zero attached hydrogens (tertiary/aromatic N) is 2. The fourth-order valence-corrected chi connectivity index (χ4v) is 3.23. The molecule has 0 unspecified atom stereocenters. The lowest BCUT2D eigenvalue weighted by Gasteiger charge is -2.35. The van der Waals surface area contributed by atoms with E-state index < -0.39 is 11.6 Å². The molecule has 8 nitrogen and oxygen atoms in total. The maximum atomic E-state index is 12.7. The molecule has 9 heteroatoms. The van der Waals surface area contributed by atoms with Crippen LogP contribution in [0.4, 0.5) is 10.5 Å². The number of benzene rings is 1. The molecule has 0 aromatic heterocycles. The standard InChI is InChI=1S/C16H18ClN3O5/c17-12-2-1-10(20-8-5-18-15(20)24)9-11(12)13(21)19-6-3-16(25,4-7-19)14(22)23/h1-2,9,25H,3-8H2,(H,18,24)(H,22,23). The van der Waals surface area contributed by atoms with Gasteiger partial charge in [-0.3, -0.25) is 9.69 Å². The molecule has 1 aromatic carbocycles. The Morgan fingerprint density at radius 2 is 1.88 bits per heavy atom. The Balaban J connectivity index is 1.78. The van der Waals surface area contributed by atoms with Crippen molar-refractivity contribution in [3.8, 4) is 0 Å². The van der Waals surface area contributed by atoms with Gasteiger partial charge in [0.2, 0.25) is 0 Å². The first-order valence-electron chi connectivity index (χ1n) is 7.92. The predicted molar refractivity (Wildman–Crippen MR) is 89.9 cm³/mol. The molecule has 0 atom stereocenters. The van der Waals surface area contributed by atoms with Gasteiger partial charge in [0, 0.05) is 44.7 Å². The molecule has 0 spiro atoms. The van der Waals surface area contributed by atoms with Crippen molar-refractivity contribution in [3.05, 3.63) is 28.8 Å². The van der Waals surface area contributed by atoms with Crippen molar-refractivity contribution >= 4 is 35.2 Å². The molecule has 3 rings (SSSR count). The number of hydrogen-bond acceptors (Lipinski definition) is 4. The second-order valence-electron chi connectivity index (χ2n) is 6.18. The van der Waals surface area contributed by atoms with Crippen LogP contribution in [-0.4, -0.2) is 64.8 Å². The Morgan fingerprint density at radius 1 is 1.20 bits per heavy atom. The molecular weight excluding hydrogens is 350 g/mol. The van der Waals surface area contributed by atoms with Gasteiger partial charge >= 0.3 is 12.0 Å². The molecule has 0 bridgehead atoms. The van der Waals surface area contributed by atoms with Crippen LogP contribution in [0.1, 0.15) is 23.2 Å². The summed E-state index contributed by atoms with van der Waals surface area (Å²) in [6.45, 7) is 1.27. The molecule has 2 aliphatic heterocycles. The largest absolute Gasteiger partial charge is 0.479 e. The lowest BCUT2D eigenvalue weighted by Crippen LogP contribution is -2.50. The summed E-state index contributed by atoms with van der Waals surface area (Å²) >= 11 is 6.15. The SMILES string of the molecule is O=C(c1cc(N2CCNC2=O)ccc1Cl)N1CCC(O)(C(=O)O)CC1. The number of carboxylic acid groups (broad SMARTS) is 1. The van der Waals surface area contributed by atoms with E-state index >= 15 is 0 Å².